The van der Waals surface area contributed by atoms with Crippen molar-refractivity contribution in [3.8, 4) is 0 Å². The summed E-state index contributed by atoms with van der Waals surface area (Å²) in [4.78, 5) is 73.0. The summed E-state index contributed by atoms with van der Waals surface area (Å²) in [5.74, 6) is -2.16. The van der Waals surface area contributed by atoms with Crippen molar-refractivity contribution < 1.29 is 80.2 Å². The van der Waals surface area contributed by atoms with Gasteiger partial charge in [-0.1, -0.05) is 320 Å². The van der Waals surface area contributed by atoms with E-state index in [1.807, 2.05) is 0 Å². The van der Waals surface area contributed by atoms with Gasteiger partial charge in [0.05, 0.1) is 26.4 Å². The van der Waals surface area contributed by atoms with E-state index in [-0.39, 0.29) is 25.7 Å². The minimum atomic E-state index is -4.97. The van der Waals surface area contributed by atoms with Gasteiger partial charge in [0.15, 0.2) is 12.2 Å². The maximum absolute atomic E-state index is 13.1. The van der Waals surface area contributed by atoms with Crippen LogP contribution in [0, 0.1) is 0 Å². The normalized spacial score (nSPS) is 14.2. The molecule has 0 radical (unpaired) electrons. The first-order chi connectivity index (χ1) is 48.7. The van der Waals surface area contributed by atoms with Gasteiger partial charge in [0.25, 0.3) is 0 Å². The Morgan fingerprint density at radius 3 is 0.810 bits per heavy atom. The highest BCUT2D eigenvalue weighted by molar-refractivity contribution is 7.47. The molecule has 0 amide bonds. The number of hydrogen-bond acceptors (Lipinski definition) is 15. The van der Waals surface area contributed by atoms with Crippen LogP contribution in [-0.2, 0) is 65.4 Å². The van der Waals surface area contributed by atoms with Crippen LogP contribution in [0.15, 0.2) is 60.8 Å². The van der Waals surface area contributed by atoms with Crippen molar-refractivity contribution in [1.29, 1.82) is 0 Å². The van der Waals surface area contributed by atoms with Crippen molar-refractivity contribution in [3.05, 3.63) is 60.8 Å². The van der Waals surface area contributed by atoms with E-state index in [0.29, 0.717) is 25.7 Å². The maximum Gasteiger partial charge on any atom is 0.472 e. The fourth-order valence-corrected chi connectivity index (χ4v) is 12.9. The summed E-state index contributed by atoms with van der Waals surface area (Å²) in [6.45, 7) is 4.81. The van der Waals surface area contributed by atoms with Crippen molar-refractivity contribution >= 4 is 39.5 Å². The zero-order valence-electron chi connectivity index (χ0n) is 63.9. The average Bonchev–Trinajstić information content (AvgIpc) is 0.953. The molecule has 0 aliphatic heterocycles. The average molecular weight is 1460 g/mol. The first-order valence-corrected chi connectivity index (χ1v) is 43.5. The van der Waals surface area contributed by atoms with Crippen LogP contribution in [0.4, 0.5) is 0 Å². The van der Waals surface area contributed by atoms with E-state index >= 15 is 0 Å². The molecule has 0 aliphatic rings. The summed E-state index contributed by atoms with van der Waals surface area (Å²) in [6.07, 6.45) is 73.4. The van der Waals surface area contributed by atoms with Crippen molar-refractivity contribution in [2.45, 2.75) is 393 Å². The lowest BCUT2D eigenvalue weighted by molar-refractivity contribution is -0.161. The lowest BCUT2D eigenvalue weighted by atomic mass is 10.0. The van der Waals surface area contributed by atoms with Crippen LogP contribution in [0.25, 0.3) is 0 Å². The topological polar surface area (TPSA) is 237 Å². The zero-order chi connectivity index (χ0) is 73.2. The first-order valence-electron chi connectivity index (χ1n) is 40.5. The van der Waals surface area contributed by atoms with E-state index in [1.54, 1.807) is 0 Å². The van der Waals surface area contributed by atoms with Crippen LogP contribution in [0.2, 0.25) is 0 Å². The number of rotatable bonds is 77. The maximum atomic E-state index is 13.1. The Hall–Kier alpha value is -3.24. The standard InChI is InChI=1S/C81H148O17P2/c1-5-9-13-17-21-25-29-32-35-36-37-38-41-43-47-50-54-58-62-66-79(84)91-71-76(97-80(85)67-63-59-55-51-45-28-24-20-16-12-8-4)73-95-99(87,88)93-69-75(82)70-94-100(89,90)96-74-77(98-81(86)68-64-60-56-52-48-44-40-34-31-27-23-19-15-11-7-3)72-92-78(83)65-61-57-53-49-46-42-39-33-30-26-22-18-14-10-6-2/h9,13,21,25,32-33,35,37-39,75-77,82H,5-8,10-12,14-20,22-24,26-31,34,36,40-74H2,1-4H3,(H,87,88)(H,89,90)/b13-9-,25-21-,35-32-,38-37-,39-33-. The van der Waals surface area contributed by atoms with Gasteiger partial charge in [-0.05, 0) is 89.9 Å². The molecule has 17 nitrogen and oxygen atoms in total. The van der Waals surface area contributed by atoms with Crippen LogP contribution >= 0.6 is 15.6 Å². The number of phosphoric ester groups is 2. The number of aliphatic hydroxyl groups excluding tert-OH is 1. The predicted molar refractivity (Wildman–Crippen MR) is 409 cm³/mol. The number of carbonyl (C=O) groups excluding carboxylic acids is 4. The summed E-state index contributed by atoms with van der Waals surface area (Å²) >= 11 is 0. The zero-order valence-corrected chi connectivity index (χ0v) is 65.7. The van der Waals surface area contributed by atoms with Crippen LogP contribution < -0.4 is 0 Å². The molecular weight excluding hydrogens is 1310 g/mol. The van der Waals surface area contributed by atoms with E-state index < -0.39 is 97.5 Å². The quantitative estimate of drug-likeness (QED) is 0.0169. The lowest BCUT2D eigenvalue weighted by Gasteiger charge is -2.21. The van der Waals surface area contributed by atoms with Crippen LogP contribution in [-0.4, -0.2) is 96.7 Å². The molecule has 0 aromatic rings. The second-order valence-electron chi connectivity index (χ2n) is 27.3. The third-order valence-electron chi connectivity index (χ3n) is 17.5. The fraction of sp³-hybridized carbons (Fsp3) is 0.827. The molecule has 0 rings (SSSR count). The van der Waals surface area contributed by atoms with Crippen molar-refractivity contribution in [1.82, 2.24) is 0 Å². The summed E-state index contributed by atoms with van der Waals surface area (Å²) in [5, 5.41) is 10.6. The summed E-state index contributed by atoms with van der Waals surface area (Å²) in [7, 11) is -9.94. The van der Waals surface area contributed by atoms with Crippen molar-refractivity contribution in [2.75, 3.05) is 39.6 Å². The number of carbonyl (C=O) groups is 4. The summed E-state index contributed by atoms with van der Waals surface area (Å²) < 4.78 is 68.6. The molecule has 0 saturated heterocycles. The summed E-state index contributed by atoms with van der Waals surface area (Å²) in [5.41, 5.74) is 0. The monoisotopic (exact) mass is 1460 g/mol. The third kappa shape index (κ3) is 73.1. The van der Waals surface area contributed by atoms with E-state index in [2.05, 4.69) is 88.5 Å². The third-order valence-corrected chi connectivity index (χ3v) is 19.4. The largest absolute Gasteiger partial charge is 0.472 e. The second-order valence-corrected chi connectivity index (χ2v) is 30.3. The Bertz CT molecular complexity index is 2130. The minimum Gasteiger partial charge on any atom is -0.462 e. The number of unbranched alkanes of at least 4 members (excludes halogenated alkanes) is 41. The van der Waals surface area contributed by atoms with Gasteiger partial charge in [0, 0.05) is 25.7 Å². The van der Waals surface area contributed by atoms with Gasteiger partial charge in [-0.3, -0.25) is 37.3 Å². The second kappa shape index (κ2) is 74.0. The smallest absolute Gasteiger partial charge is 0.462 e. The van der Waals surface area contributed by atoms with Crippen LogP contribution in [0.1, 0.15) is 374 Å². The number of allylic oxidation sites excluding steroid dienone is 10. The fourth-order valence-electron chi connectivity index (χ4n) is 11.3. The van der Waals surface area contributed by atoms with E-state index in [1.165, 1.54) is 141 Å². The Morgan fingerprint density at radius 1 is 0.290 bits per heavy atom. The van der Waals surface area contributed by atoms with Crippen LogP contribution in [0.3, 0.4) is 0 Å². The van der Waals surface area contributed by atoms with Gasteiger partial charge in [-0.25, -0.2) is 9.13 Å². The molecule has 5 atom stereocenters. The van der Waals surface area contributed by atoms with Gasteiger partial charge in [0.2, 0.25) is 0 Å². The Balaban J connectivity index is 5.28. The van der Waals surface area contributed by atoms with Gasteiger partial charge >= 0.3 is 39.5 Å². The van der Waals surface area contributed by atoms with Gasteiger partial charge in [0.1, 0.15) is 19.3 Å². The minimum absolute atomic E-state index is 0.0972. The van der Waals surface area contributed by atoms with E-state index in [4.69, 9.17) is 37.0 Å². The molecule has 3 N–H and O–H groups in total. The lowest BCUT2D eigenvalue weighted by Crippen LogP contribution is -2.30. The van der Waals surface area contributed by atoms with Crippen molar-refractivity contribution in [2.24, 2.45) is 0 Å². The molecule has 0 fully saturated rings. The Kier molecular flexibility index (Phi) is 71.6. The molecule has 0 spiro atoms. The first kappa shape index (κ1) is 96.8. The number of hydrogen-bond donors (Lipinski definition) is 3. The van der Waals surface area contributed by atoms with Gasteiger partial charge in [-0.15, -0.1) is 0 Å². The van der Waals surface area contributed by atoms with Gasteiger partial charge < -0.3 is 33.8 Å². The molecule has 0 bridgehead atoms. The molecule has 584 valence electrons. The molecule has 5 unspecified atom stereocenters. The molecule has 0 heterocycles. The molecule has 0 aliphatic carbocycles. The molecular formula is C81H148O17P2. The number of esters is 4. The van der Waals surface area contributed by atoms with Crippen LogP contribution in [0.5, 0.6) is 0 Å². The summed E-state index contributed by atoms with van der Waals surface area (Å²) in [6, 6.07) is 0. The van der Waals surface area contributed by atoms with Crippen molar-refractivity contribution in [3.63, 3.8) is 0 Å². The number of ether oxygens (including phenoxy) is 4. The van der Waals surface area contributed by atoms with E-state index in [9.17, 15) is 43.2 Å². The number of aliphatic hydroxyl groups is 1. The Labute approximate surface area is 610 Å². The molecule has 0 aromatic heterocycles. The molecule has 0 saturated carbocycles. The molecule has 0 aromatic carbocycles. The molecule has 100 heavy (non-hydrogen) atoms. The predicted octanol–water partition coefficient (Wildman–Crippen LogP) is 23.5. The molecule has 19 heteroatoms. The van der Waals surface area contributed by atoms with E-state index in [0.717, 1.165) is 154 Å². The Morgan fingerprint density at radius 2 is 0.520 bits per heavy atom. The number of phosphoric acid groups is 2. The highest BCUT2D eigenvalue weighted by Crippen LogP contribution is 2.45. The van der Waals surface area contributed by atoms with Gasteiger partial charge in [-0.2, -0.15) is 0 Å². The highest BCUT2D eigenvalue weighted by atomic mass is 31.2. The SMILES string of the molecule is CC/C=C\C/C=C\C/C=C\C/C=C\CCCCCCCCC(=O)OCC(COP(=O)(O)OCC(O)COP(=O)(O)OCC(COC(=O)CCCCCCC/C=C\CCCCCCCC)OC(=O)CCCCCCCCCCCCCCCCC)OC(=O)CCCCCCCCCCCCC. The highest BCUT2D eigenvalue weighted by Gasteiger charge is 2.30.